The number of carbonyl (C=O) groups excluding carboxylic acids is 3. The lowest BCUT2D eigenvalue weighted by molar-refractivity contribution is -0.177. The molecule has 156 valence electrons. The summed E-state index contributed by atoms with van der Waals surface area (Å²) in [6.07, 6.45) is 1.97. The van der Waals surface area contributed by atoms with Gasteiger partial charge in [-0.3, -0.25) is 4.79 Å². The van der Waals surface area contributed by atoms with E-state index in [4.69, 9.17) is 0 Å². The third-order valence-electron chi connectivity index (χ3n) is 2.93. The Bertz CT molecular complexity index is 488. The number of hydrogen-bond donors (Lipinski definition) is 2. The van der Waals surface area contributed by atoms with Crippen LogP contribution >= 0.6 is 0 Å². The van der Waals surface area contributed by atoms with Gasteiger partial charge in [-0.1, -0.05) is 17.2 Å². The largest absolute Gasteiger partial charge is 0.461 e. The lowest BCUT2D eigenvalue weighted by atomic mass is 10.1. The molecule has 2 atom stereocenters. The molecule has 0 aromatic carbocycles. The third-order valence-corrected chi connectivity index (χ3v) is 2.93. The van der Waals surface area contributed by atoms with Gasteiger partial charge in [-0.15, -0.1) is 0 Å². The Morgan fingerprint density at radius 1 is 0.889 bits per heavy atom. The minimum atomic E-state index is -1.92. The van der Waals surface area contributed by atoms with Crippen LogP contribution in [0.25, 0.3) is 0 Å². The Kier molecular flexibility index (Phi) is 15.2. The zero-order valence-corrected chi connectivity index (χ0v) is 17.4. The number of aliphatic hydroxyl groups is 2. The number of aliphatic hydroxyl groups excluding tert-OH is 2. The SMILES string of the molecule is CC(C)=CCC/C(C)=C/C=O.CC(C)OC(=O)C(O)C(O)C(=O)OC(C)C. The highest BCUT2D eigenvalue weighted by Gasteiger charge is 2.33. The standard InChI is InChI=1S/C10H18O6.C10H16O/c1-5(2)15-9(13)7(11)8(12)10(14)16-6(3)4;1-9(2)5-4-6-10(3)7-8-11/h5-8,11-12H,1-4H3;5,7-8H,4,6H2,1-3H3/b;10-7+. The van der Waals surface area contributed by atoms with Gasteiger partial charge in [0.25, 0.3) is 0 Å². The van der Waals surface area contributed by atoms with E-state index in [-0.39, 0.29) is 0 Å². The molecular formula is C20H34O7. The van der Waals surface area contributed by atoms with Crippen LogP contribution in [0.15, 0.2) is 23.3 Å². The van der Waals surface area contributed by atoms with Gasteiger partial charge in [-0.2, -0.15) is 0 Å². The molecule has 7 nitrogen and oxygen atoms in total. The average Bonchev–Trinajstić information content (AvgIpc) is 2.52. The average molecular weight is 386 g/mol. The molecule has 0 radical (unpaired) electrons. The van der Waals surface area contributed by atoms with Gasteiger partial charge in [0.2, 0.25) is 0 Å². The first kappa shape index (κ1) is 27.2. The summed E-state index contributed by atoms with van der Waals surface area (Å²) in [5.41, 5.74) is 2.49. The van der Waals surface area contributed by atoms with Crippen molar-refractivity contribution in [2.24, 2.45) is 0 Å². The molecule has 0 saturated heterocycles. The molecule has 0 spiro atoms. The maximum Gasteiger partial charge on any atom is 0.338 e. The van der Waals surface area contributed by atoms with Gasteiger partial charge >= 0.3 is 11.9 Å². The van der Waals surface area contributed by atoms with Crippen molar-refractivity contribution in [2.45, 2.75) is 85.7 Å². The van der Waals surface area contributed by atoms with Gasteiger partial charge in [0, 0.05) is 0 Å². The van der Waals surface area contributed by atoms with Crippen molar-refractivity contribution in [1.82, 2.24) is 0 Å². The van der Waals surface area contributed by atoms with Crippen molar-refractivity contribution in [3.8, 4) is 0 Å². The first-order valence-corrected chi connectivity index (χ1v) is 8.93. The molecule has 0 saturated carbocycles. The first-order valence-electron chi connectivity index (χ1n) is 8.93. The molecule has 2 unspecified atom stereocenters. The van der Waals surface area contributed by atoms with E-state index in [2.05, 4.69) is 29.4 Å². The fourth-order valence-electron chi connectivity index (χ4n) is 1.65. The molecule has 0 aromatic heterocycles. The van der Waals surface area contributed by atoms with Crippen LogP contribution in [0.3, 0.4) is 0 Å². The van der Waals surface area contributed by atoms with E-state index in [0.717, 1.165) is 24.7 Å². The van der Waals surface area contributed by atoms with Crippen LogP contribution < -0.4 is 0 Å². The van der Waals surface area contributed by atoms with Crippen LogP contribution in [0.5, 0.6) is 0 Å². The Labute approximate surface area is 162 Å². The quantitative estimate of drug-likeness (QED) is 0.271. The molecule has 0 fully saturated rings. The molecule has 0 heterocycles. The summed E-state index contributed by atoms with van der Waals surface area (Å²) in [6, 6.07) is 0. The smallest absolute Gasteiger partial charge is 0.338 e. The van der Waals surface area contributed by atoms with E-state index in [1.165, 1.54) is 5.57 Å². The van der Waals surface area contributed by atoms with Gasteiger partial charge in [-0.05, 0) is 67.4 Å². The highest BCUT2D eigenvalue weighted by atomic mass is 16.6. The molecule has 0 aliphatic rings. The monoisotopic (exact) mass is 386 g/mol. The van der Waals surface area contributed by atoms with Crippen LogP contribution in [-0.4, -0.2) is 52.9 Å². The molecule has 7 heteroatoms. The molecule has 0 amide bonds. The van der Waals surface area contributed by atoms with Gasteiger partial charge in [-0.25, -0.2) is 9.59 Å². The molecule has 2 N–H and O–H groups in total. The van der Waals surface area contributed by atoms with E-state index in [9.17, 15) is 24.6 Å². The van der Waals surface area contributed by atoms with Crippen LogP contribution in [0.1, 0.15) is 61.3 Å². The minimum absolute atomic E-state index is 0.435. The van der Waals surface area contributed by atoms with Crippen molar-refractivity contribution in [2.75, 3.05) is 0 Å². The Hall–Kier alpha value is -1.99. The van der Waals surface area contributed by atoms with Crippen LogP contribution in [0, 0.1) is 0 Å². The summed E-state index contributed by atoms with van der Waals surface area (Å²) >= 11 is 0. The number of hydrogen-bond acceptors (Lipinski definition) is 7. The van der Waals surface area contributed by atoms with Crippen LogP contribution in [-0.2, 0) is 23.9 Å². The summed E-state index contributed by atoms with van der Waals surface area (Å²) in [5, 5.41) is 18.6. The van der Waals surface area contributed by atoms with Crippen molar-refractivity contribution < 1.29 is 34.1 Å². The second-order valence-electron chi connectivity index (χ2n) is 6.83. The summed E-state index contributed by atoms with van der Waals surface area (Å²) in [7, 11) is 0. The summed E-state index contributed by atoms with van der Waals surface area (Å²) in [6.45, 7) is 12.5. The number of esters is 2. The Balaban J connectivity index is 0. The third kappa shape index (κ3) is 15.9. The number of rotatable bonds is 9. The fraction of sp³-hybridized carbons (Fsp3) is 0.650. The van der Waals surface area contributed by atoms with Gasteiger partial charge < -0.3 is 19.7 Å². The summed E-state index contributed by atoms with van der Waals surface area (Å²) < 4.78 is 9.26. The van der Waals surface area contributed by atoms with Crippen molar-refractivity contribution in [1.29, 1.82) is 0 Å². The van der Waals surface area contributed by atoms with Gasteiger partial charge in [0.15, 0.2) is 12.2 Å². The van der Waals surface area contributed by atoms with Crippen molar-refractivity contribution in [3.63, 3.8) is 0 Å². The van der Waals surface area contributed by atoms with E-state index >= 15 is 0 Å². The molecule has 0 rings (SSSR count). The number of allylic oxidation sites excluding steroid dienone is 4. The maximum atomic E-state index is 11.1. The Morgan fingerprint density at radius 3 is 1.59 bits per heavy atom. The van der Waals surface area contributed by atoms with Crippen LogP contribution in [0.4, 0.5) is 0 Å². The zero-order chi connectivity index (χ0) is 21.6. The summed E-state index contributed by atoms with van der Waals surface area (Å²) in [5.74, 6) is -2.11. The van der Waals surface area contributed by atoms with Crippen LogP contribution in [0.2, 0.25) is 0 Å². The van der Waals surface area contributed by atoms with E-state index < -0.39 is 36.4 Å². The van der Waals surface area contributed by atoms with E-state index in [0.29, 0.717) is 0 Å². The second kappa shape index (κ2) is 15.1. The lowest BCUT2D eigenvalue weighted by Gasteiger charge is -2.18. The molecule has 0 aromatic rings. The Morgan fingerprint density at radius 2 is 1.30 bits per heavy atom. The fourth-order valence-corrected chi connectivity index (χ4v) is 1.65. The van der Waals surface area contributed by atoms with Gasteiger partial charge in [0.1, 0.15) is 6.29 Å². The molecular weight excluding hydrogens is 352 g/mol. The highest BCUT2D eigenvalue weighted by Crippen LogP contribution is 2.05. The molecule has 0 aliphatic carbocycles. The topological polar surface area (TPSA) is 110 Å². The zero-order valence-electron chi connectivity index (χ0n) is 17.4. The number of carbonyl (C=O) groups is 3. The normalized spacial score (nSPS) is 13.2. The van der Waals surface area contributed by atoms with Gasteiger partial charge in [0.05, 0.1) is 12.2 Å². The van der Waals surface area contributed by atoms with Crippen molar-refractivity contribution in [3.05, 3.63) is 23.3 Å². The predicted molar refractivity (Wildman–Crippen MR) is 103 cm³/mol. The number of ether oxygens (including phenoxy) is 2. The van der Waals surface area contributed by atoms with E-state index in [1.807, 2.05) is 6.92 Å². The summed E-state index contributed by atoms with van der Waals surface area (Å²) in [4.78, 5) is 32.3. The minimum Gasteiger partial charge on any atom is -0.461 e. The first-order chi connectivity index (χ1) is 12.4. The second-order valence-corrected chi connectivity index (χ2v) is 6.83. The molecule has 0 bridgehead atoms. The molecule has 0 aliphatic heterocycles. The lowest BCUT2D eigenvalue weighted by Crippen LogP contribution is -2.43. The highest BCUT2D eigenvalue weighted by molar-refractivity contribution is 5.85. The maximum absolute atomic E-state index is 11.1. The van der Waals surface area contributed by atoms with Crippen molar-refractivity contribution >= 4 is 18.2 Å². The predicted octanol–water partition coefficient (Wildman–Crippen LogP) is 2.49. The van der Waals surface area contributed by atoms with E-state index in [1.54, 1.807) is 33.8 Å². The number of aldehydes is 1. The molecule has 27 heavy (non-hydrogen) atoms.